The number of rotatable bonds is 9. The van der Waals surface area contributed by atoms with Crippen molar-refractivity contribution >= 4 is 39.8 Å². The fourth-order valence-corrected chi connectivity index (χ4v) is 3.07. The Morgan fingerprint density at radius 2 is 1.97 bits per heavy atom. The molecule has 0 atom stereocenters. The standard InChI is InChI=1S/C17H17N3O8S/c1-3-27-13-6-10(11(20(24)25)7-12(13)26-2)17(23)28-8-14(21)19-16-9(15(18)22)4-5-29-16/h4-7H,3,8H2,1-2H3,(H2,18,22)(H,19,21). The third-order valence-corrected chi connectivity index (χ3v) is 4.35. The van der Waals surface area contributed by atoms with Crippen molar-refractivity contribution < 1.29 is 33.5 Å². The highest BCUT2D eigenvalue weighted by Gasteiger charge is 2.26. The van der Waals surface area contributed by atoms with Gasteiger partial charge in [0.1, 0.15) is 10.6 Å². The minimum Gasteiger partial charge on any atom is -0.493 e. The topological polar surface area (TPSA) is 160 Å². The fourth-order valence-electron chi connectivity index (χ4n) is 2.26. The molecule has 0 spiro atoms. The Bertz CT molecular complexity index is 956. The number of hydrogen-bond acceptors (Lipinski definition) is 9. The van der Waals surface area contributed by atoms with Gasteiger partial charge >= 0.3 is 5.97 Å². The van der Waals surface area contributed by atoms with Gasteiger partial charge in [-0.2, -0.15) is 0 Å². The molecule has 2 rings (SSSR count). The summed E-state index contributed by atoms with van der Waals surface area (Å²) >= 11 is 1.06. The lowest BCUT2D eigenvalue weighted by molar-refractivity contribution is -0.385. The first-order valence-corrected chi connectivity index (χ1v) is 8.99. The number of carbonyl (C=O) groups excluding carboxylic acids is 3. The number of nitrogens with two attached hydrogens (primary N) is 1. The lowest BCUT2D eigenvalue weighted by Crippen LogP contribution is -2.22. The quantitative estimate of drug-likeness (QED) is 0.351. The highest BCUT2D eigenvalue weighted by Crippen LogP contribution is 2.35. The lowest BCUT2D eigenvalue weighted by Gasteiger charge is -2.11. The molecule has 0 bridgehead atoms. The first-order valence-electron chi connectivity index (χ1n) is 8.11. The average Bonchev–Trinajstić information content (AvgIpc) is 3.14. The molecule has 154 valence electrons. The van der Waals surface area contributed by atoms with Gasteiger partial charge in [-0.3, -0.25) is 19.7 Å². The molecule has 0 aliphatic heterocycles. The number of methoxy groups -OCH3 is 1. The van der Waals surface area contributed by atoms with Gasteiger partial charge in [0.2, 0.25) is 0 Å². The summed E-state index contributed by atoms with van der Waals surface area (Å²) in [7, 11) is 1.30. The number of carbonyl (C=O) groups is 3. The molecule has 0 aliphatic rings. The molecule has 12 heteroatoms. The first-order chi connectivity index (χ1) is 13.8. The minimum absolute atomic E-state index is 0.0736. The second-order valence-electron chi connectivity index (χ2n) is 5.36. The number of esters is 1. The summed E-state index contributed by atoms with van der Waals surface area (Å²) in [4.78, 5) is 46.1. The molecule has 0 unspecified atom stereocenters. The number of hydrogen-bond donors (Lipinski definition) is 2. The van der Waals surface area contributed by atoms with Gasteiger partial charge in [-0.25, -0.2) is 4.79 Å². The van der Waals surface area contributed by atoms with E-state index in [9.17, 15) is 24.5 Å². The Hall–Kier alpha value is -3.67. The zero-order chi connectivity index (χ0) is 21.6. The SMILES string of the molecule is CCOc1cc(C(=O)OCC(=O)Nc2sccc2C(N)=O)c([N+](=O)[O-])cc1OC. The van der Waals surface area contributed by atoms with Gasteiger partial charge in [-0.1, -0.05) is 0 Å². The third-order valence-electron chi connectivity index (χ3n) is 3.52. The number of benzene rings is 1. The molecular formula is C17H17N3O8S. The van der Waals surface area contributed by atoms with Crippen LogP contribution in [0.5, 0.6) is 11.5 Å². The van der Waals surface area contributed by atoms with Crippen molar-refractivity contribution in [3.8, 4) is 11.5 Å². The summed E-state index contributed by atoms with van der Waals surface area (Å²) in [5.74, 6) is -2.39. The normalized spacial score (nSPS) is 10.1. The maximum atomic E-state index is 12.3. The predicted octanol–water partition coefficient (Wildman–Crippen LogP) is 1.96. The number of nitro benzene ring substituents is 1. The number of nitrogens with zero attached hydrogens (tertiary/aromatic N) is 1. The smallest absolute Gasteiger partial charge is 0.345 e. The summed E-state index contributed by atoms with van der Waals surface area (Å²) in [6.07, 6.45) is 0. The molecule has 11 nitrogen and oxygen atoms in total. The van der Waals surface area contributed by atoms with Crippen molar-refractivity contribution in [1.82, 2.24) is 0 Å². The number of primary amides is 1. The number of amides is 2. The molecule has 1 heterocycles. The van der Waals surface area contributed by atoms with Crippen molar-refractivity contribution in [2.45, 2.75) is 6.92 Å². The highest BCUT2D eigenvalue weighted by molar-refractivity contribution is 7.14. The van der Waals surface area contributed by atoms with E-state index in [0.29, 0.717) is 0 Å². The molecule has 0 fully saturated rings. The molecule has 2 aromatic rings. The molecule has 1 aromatic heterocycles. The monoisotopic (exact) mass is 423 g/mol. The maximum absolute atomic E-state index is 12.3. The third kappa shape index (κ3) is 5.19. The molecule has 3 N–H and O–H groups in total. The van der Waals surface area contributed by atoms with Crippen molar-refractivity contribution in [3.63, 3.8) is 0 Å². The van der Waals surface area contributed by atoms with Gasteiger partial charge in [0.15, 0.2) is 18.1 Å². The second-order valence-corrected chi connectivity index (χ2v) is 6.28. The minimum atomic E-state index is -1.10. The van der Waals surface area contributed by atoms with Crippen LogP contribution < -0.4 is 20.5 Å². The van der Waals surface area contributed by atoms with Crippen molar-refractivity contribution in [1.29, 1.82) is 0 Å². The van der Waals surface area contributed by atoms with Crippen LogP contribution in [0.2, 0.25) is 0 Å². The van der Waals surface area contributed by atoms with Crippen LogP contribution in [0, 0.1) is 10.1 Å². The van der Waals surface area contributed by atoms with Crippen molar-refractivity contribution in [2.75, 3.05) is 25.6 Å². The van der Waals surface area contributed by atoms with E-state index in [2.05, 4.69) is 5.32 Å². The van der Waals surface area contributed by atoms with Crippen molar-refractivity contribution in [2.24, 2.45) is 5.73 Å². The van der Waals surface area contributed by atoms with Gasteiger partial charge in [0.05, 0.1) is 30.3 Å². The van der Waals surface area contributed by atoms with E-state index in [1.165, 1.54) is 13.2 Å². The van der Waals surface area contributed by atoms with Gasteiger partial charge in [-0.05, 0) is 18.4 Å². The van der Waals surface area contributed by atoms with Crippen LogP contribution in [0.4, 0.5) is 10.7 Å². The van der Waals surface area contributed by atoms with E-state index >= 15 is 0 Å². The fraction of sp³-hybridized carbons (Fsp3) is 0.235. The first kappa shape index (κ1) is 21.6. The summed E-state index contributed by atoms with van der Waals surface area (Å²) in [6.45, 7) is 1.18. The van der Waals surface area contributed by atoms with E-state index in [4.69, 9.17) is 19.9 Å². The van der Waals surface area contributed by atoms with Crippen molar-refractivity contribution in [3.05, 3.63) is 44.8 Å². The molecule has 0 aliphatic carbocycles. The van der Waals surface area contributed by atoms with Crippen LogP contribution in [-0.2, 0) is 9.53 Å². The van der Waals surface area contributed by atoms with Crippen LogP contribution in [0.25, 0.3) is 0 Å². The van der Waals surface area contributed by atoms with Gasteiger partial charge in [0, 0.05) is 6.07 Å². The molecule has 1 aromatic carbocycles. The number of thiophene rings is 1. The van der Waals surface area contributed by atoms with E-state index in [1.807, 2.05) is 0 Å². The van der Waals surface area contributed by atoms with E-state index in [0.717, 1.165) is 23.5 Å². The molecular weight excluding hydrogens is 406 g/mol. The largest absolute Gasteiger partial charge is 0.493 e. The number of nitrogens with one attached hydrogen (secondary N) is 1. The Kier molecular flexibility index (Phi) is 7.09. The summed E-state index contributed by atoms with van der Waals surface area (Å²) < 4.78 is 15.2. The summed E-state index contributed by atoms with van der Waals surface area (Å²) in [5, 5.41) is 15.4. The van der Waals surface area contributed by atoms with Gasteiger partial charge < -0.3 is 25.3 Å². The van der Waals surface area contributed by atoms with E-state index < -0.39 is 40.6 Å². The maximum Gasteiger partial charge on any atom is 0.345 e. The summed E-state index contributed by atoms with van der Waals surface area (Å²) in [6, 6.07) is 3.59. The molecule has 29 heavy (non-hydrogen) atoms. The van der Waals surface area contributed by atoms with Crippen LogP contribution in [0.1, 0.15) is 27.6 Å². The Balaban J connectivity index is 2.16. The van der Waals surface area contributed by atoms with Crippen LogP contribution >= 0.6 is 11.3 Å². The number of nitro groups is 1. The Morgan fingerprint density at radius 1 is 1.24 bits per heavy atom. The Labute approximate surface area is 168 Å². The number of ether oxygens (including phenoxy) is 3. The zero-order valence-electron chi connectivity index (χ0n) is 15.4. The zero-order valence-corrected chi connectivity index (χ0v) is 16.2. The van der Waals surface area contributed by atoms with Gasteiger partial charge in [0.25, 0.3) is 17.5 Å². The average molecular weight is 423 g/mol. The predicted molar refractivity (Wildman–Crippen MR) is 103 cm³/mol. The molecule has 0 saturated heterocycles. The van der Waals surface area contributed by atoms with Crippen LogP contribution in [0.15, 0.2) is 23.6 Å². The molecule has 0 saturated carbocycles. The van der Waals surface area contributed by atoms with Crippen LogP contribution in [0.3, 0.4) is 0 Å². The van der Waals surface area contributed by atoms with Crippen LogP contribution in [-0.4, -0.2) is 43.0 Å². The molecule has 2 amide bonds. The van der Waals surface area contributed by atoms with Gasteiger partial charge in [-0.15, -0.1) is 11.3 Å². The summed E-state index contributed by atoms with van der Waals surface area (Å²) in [5.41, 5.74) is 4.33. The number of anilines is 1. The Morgan fingerprint density at radius 3 is 2.55 bits per heavy atom. The van der Waals surface area contributed by atoms with E-state index in [-0.39, 0.29) is 28.7 Å². The van der Waals surface area contributed by atoms with E-state index in [1.54, 1.807) is 12.3 Å². The second kappa shape index (κ2) is 9.50. The highest BCUT2D eigenvalue weighted by atomic mass is 32.1. The lowest BCUT2D eigenvalue weighted by atomic mass is 10.1. The molecule has 0 radical (unpaired) electrons.